The second kappa shape index (κ2) is 7.06. The first kappa shape index (κ1) is 21.7. The van der Waals surface area contributed by atoms with Gasteiger partial charge >= 0.3 is 5.97 Å². The zero-order chi connectivity index (χ0) is 21.1. The summed E-state index contributed by atoms with van der Waals surface area (Å²) in [6.07, 6.45) is 1.22. The van der Waals surface area contributed by atoms with Gasteiger partial charge < -0.3 is 19.7 Å². The van der Waals surface area contributed by atoms with E-state index in [1.54, 1.807) is 6.92 Å². The molecule has 0 radical (unpaired) electrons. The van der Waals surface area contributed by atoms with Crippen LogP contribution >= 0.6 is 0 Å². The molecule has 3 rings (SSSR count). The molecule has 2 heterocycles. The fourth-order valence-corrected chi connectivity index (χ4v) is 6.15. The Kier molecular flexibility index (Phi) is 5.48. The summed E-state index contributed by atoms with van der Waals surface area (Å²) in [5.41, 5.74) is -3.45. The third-order valence-electron chi connectivity index (χ3n) is 7.56. The van der Waals surface area contributed by atoms with Gasteiger partial charge in [-0.05, 0) is 51.9 Å². The smallest absolute Gasteiger partial charge is 0.303 e. The first-order valence-electron chi connectivity index (χ1n) is 10.6. The molecular weight excluding hydrogens is 360 g/mol. The van der Waals surface area contributed by atoms with Crippen LogP contribution < -0.4 is 0 Å². The maximum Gasteiger partial charge on any atom is 0.303 e. The van der Waals surface area contributed by atoms with Crippen molar-refractivity contribution in [3.8, 4) is 0 Å². The molecule has 0 aromatic rings. The van der Waals surface area contributed by atoms with Gasteiger partial charge in [0.15, 0.2) is 5.78 Å². The van der Waals surface area contributed by atoms with Gasteiger partial charge in [-0.15, -0.1) is 0 Å². The van der Waals surface area contributed by atoms with E-state index in [1.807, 2.05) is 6.92 Å². The molecule has 1 saturated carbocycles. The Bertz CT molecular complexity index is 639. The molecular formula is C22H36O6. The van der Waals surface area contributed by atoms with E-state index in [-0.39, 0.29) is 42.9 Å². The van der Waals surface area contributed by atoms with Crippen molar-refractivity contribution < 1.29 is 29.3 Å². The lowest BCUT2D eigenvalue weighted by Crippen LogP contribution is -2.56. The van der Waals surface area contributed by atoms with Crippen molar-refractivity contribution in [1.82, 2.24) is 0 Å². The second-order valence-electron chi connectivity index (χ2n) is 10.3. The largest absolute Gasteiger partial charge is 0.459 e. The van der Waals surface area contributed by atoms with Crippen molar-refractivity contribution >= 4 is 11.8 Å². The molecule has 2 saturated heterocycles. The molecule has 6 heteroatoms. The molecule has 0 spiro atoms. The number of rotatable bonds is 2. The van der Waals surface area contributed by atoms with E-state index in [0.29, 0.717) is 18.3 Å². The Morgan fingerprint density at radius 2 is 1.86 bits per heavy atom. The molecule has 0 aromatic heterocycles. The Morgan fingerprint density at radius 3 is 2.43 bits per heavy atom. The molecule has 2 bridgehead atoms. The third kappa shape index (κ3) is 3.63. The quantitative estimate of drug-likeness (QED) is 0.697. The normalized spacial score (nSPS) is 49.2. The van der Waals surface area contributed by atoms with Crippen LogP contribution in [0.15, 0.2) is 0 Å². The van der Waals surface area contributed by atoms with Crippen LogP contribution in [-0.4, -0.2) is 51.0 Å². The predicted molar refractivity (Wildman–Crippen MR) is 103 cm³/mol. The molecule has 28 heavy (non-hydrogen) atoms. The molecule has 2 aliphatic heterocycles. The van der Waals surface area contributed by atoms with Gasteiger partial charge in [0.2, 0.25) is 0 Å². The number of Topliss-reactive ketones (excluding diaryl/α,β-unsaturated/α-hetero) is 1. The highest BCUT2D eigenvalue weighted by Gasteiger charge is 2.64. The van der Waals surface area contributed by atoms with Crippen LogP contribution in [0, 0.1) is 23.7 Å². The van der Waals surface area contributed by atoms with Crippen molar-refractivity contribution in [2.45, 2.75) is 103 Å². The van der Waals surface area contributed by atoms with E-state index < -0.39 is 29.0 Å². The number of hydrogen-bond acceptors (Lipinski definition) is 6. The van der Waals surface area contributed by atoms with Gasteiger partial charge in [0.1, 0.15) is 11.2 Å². The van der Waals surface area contributed by atoms with E-state index >= 15 is 0 Å². The van der Waals surface area contributed by atoms with E-state index in [4.69, 9.17) is 9.47 Å². The predicted octanol–water partition coefficient (Wildman–Crippen LogP) is 2.63. The summed E-state index contributed by atoms with van der Waals surface area (Å²) in [6, 6.07) is 0. The highest BCUT2D eigenvalue weighted by molar-refractivity contribution is 5.86. The number of ketones is 1. The van der Waals surface area contributed by atoms with Crippen LogP contribution in [0.5, 0.6) is 0 Å². The molecule has 3 fully saturated rings. The summed E-state index contributed by atoms with van der Waals surface area (Å²) in [6.45, 7) is 11.0. The average Bonchev–Trinajstić information content (AvgIpc) is 2.92. The summed E-state index contributed by atoms with van der Waals surface area (Å²) < 4.78 is 12.3. The summed E-state index contributed by atoms with van der Waals surface area (Å²) in [5, 5.41) is 22.2. The first-order valence-corrected chi connectivity index (χ1v) is 10.6. The number of hydrogen-bond donors (Lipinski definition) is 2. The van der Waals surface area contributed by atoms with Crippen LogP contribution in [0.4, 0.5) is 0 Å². The maximum absolute atomic E-state index is 12.6. The van der Waals surface area contributed by atoms with Crippen molar-refractivity contribution in [3.05, 3.63) is 0 Å². The van der Waals surface area contributed by atoms with Crippen LogP contribution in [0.1, 0.15) is 73.6 Å². The zero-order valence-electron chi connectivity index (χ0n) is 18.0. The zero-order valence-corrected chi connectivity index (χ0v) is 18.0. The molecule has 0 unspecified atom stereocenters. The number of esters is 1. The Balaban J connectivity index is 2.11. The van der Waals surface area contributed by atoms with E-state index in [9.17, 15) is 19.8 Å². The first-order chi connectivity index (χ1) is 12.8. The highest BCUT2D eigenvalue weighted by Crippen LogP contribution is 2.57. The number of carbonyl (C=O) groups is 2. The molecule has 1 aliphatic carbocycles. The number of fused-ring (bicyclic) bond motifs is 5. The number of carbonyl (C=O) groups excluding carboxylic acids is 2. The van der Waals surface area contributed by atoms with E-state index in [1.165, 1.54) is 13.8 Å². The summed E-state index contributed by atoms with van der Waals surface area (Å²) in [5.74, 6) is -0.0807. The number of ether oxygens (including phenoxy) is 2. The van der Waals surface area contributed by atoms with Gasteiger partial charge in [0.05, 0.1) is 17.8 Å². The van der Waals surface area contributed by atoms with Crippen molar-refractivity contribution in [1.29, 1.82) is 0 Å². The van der Waals surface area contributed by atoms with Gasteiger partial charge in [-0.2, -0.15) is 0 Å². The van der Waals surface area contributed by atoms with Crippen molar-refractivity contribution in [3.63, 3.8) is 0 Å². The minimum absolute atomic E-state index is 0.00195. The standard InChI is InChI=1S/C22H36O6/c1-12(2)14-7-10-22(6,28-13(3)23)18-15-11-21(5,26)16(24)8-9-20(4,25)19(27-15)17(14)18/h12,14-15,17-19,25-26H,7-11H2,1-6H3/t14-,15-,17-,18-,19-,20-,21+,22-/m1/s1. The van der Waals surface area contributed by atoms with Crippen molar-refractivity contribution in [2.75, 3.05) is 0 Å². The van der Waals surface area contributed by atoms with Crippen LogP contribution in [0.2, 0.25) is 0 Å². The summed E-state index contributed by atoms with van der Waals surface area (Å²) in [4.78, 5) is 24.5. The molecule has 0 aromatic carbocycles. The fraction of sp³-hybridized carbons (Fsp3) is 0.909. The molecule has 6 nitrogen and oxygen atoms in total. The van der Waals surface area contributed by atoms with Gasteiger partial charge in [0.25, 0.3) is 0 Å². The lowest BCUT2D eigenvalue weighted by Gasteiger charge is -2.50. The van der Waals surface area contributed by atoms with Gasteiger partial charge in [-0.1, -0.05) is 13.8 Å². The van der Waals surface area contributed by atoms with Crippen LogP contribution in [0.3, 0.4) is 0 Å². The van der Waals surface area contributed by atoms with Gasteiger partial charge in [0, 0.05) is 31.6 Å². The minimum Gasteiger partial charge on any atom is -0.459 e. The lowest BCUT2D eigenvalue weighted by molar-refractivity contribution is -0.176. The summed E-state index contributed by atoms with van der Waals surface area (Å²) >= 11 is 0. The minimum atomic E-state index is -1.52. The Morgan fingerprint density at radius 1 is 1.21 bits per heavy atom. The highest BCUT2D eigenvalue weighted by atomic mass is 16.6. The van der Waals surface area contributed by atoms with E-state index in [2.05, 4.69) is 13.8 Å². The van der Waals surface area contributed by atoms with Crippen LogP contribution in [-0.2, 0) is 19.1 Å². The maximum atomic E-state index is 12.6. The molecule has 160 valence electrons. The van der Waals surface area contributed by atoms with E-state index in [0.717, 1.165) is 6.42 Å². The third-order valence-corrected chi connectivity index (χ3v) is 7.56. The average molecular weight is 397 g/mol. The fourth-order valence-electron chi connectivity index (χ4n) is 6.15. The molecule has 8 atom stereocenters. The number of aliphatic hydroxyl groups is 2. The Labute approximate surface area is 168 Å². The van der Waals surface area contributed by atoms with Gasteiger partial charge in [-0.3, -0.25) is 9.59 Å². The topological polar surface area (TPSA) is 93.1 Å². The molecule has 2 N–H and O–H groups in total. The lowest BCUT2D eigenvalue weighted by atomic mass is 9.57. The Hall–Kier alpha value is -0.980. The van der Waals surface area contributed by atoms with Gasteiger partial charge in [-0.25, -0.2) is 0 Å². The summed E-state index contributed by atoms with van der Waals surface area (Å²) in [7, 11) is 0. The second-order valence-corrected chi connectivity index (χ2v) is 10.3. The van der Waals surface area contributed by atoms with Crippen molar-refractivity contribution in [2.24, 2.45) is 23.7 Å². The van der Waals surface area contributed by atoms with Crippen LogP contribution in [0.25, 0.3) is 0 Å². The monoisotopic (exact) mass is 396 g/mol. The molecule has 0 amide bonds. The SMILES string of the molecule is CC(=O)O[C@]1(C)CC[C@H](C(C)C)[C@@H]2[C@H]1[C@H]1C[C@](C)(O)C(=O)CC[C@@](C)(O)[C@@H]2O1. The molecule has 3 aliphatic rings.